The monoisotopic (exact) mass is 311 g/mol. The number of hydrogen-bond donors (Lipinski definition) is 0. The summed E-state index contributed by atoms with van der Waals surface area (Å²) in [6.45, 7) is 13.1. The van der Waals surface area contributed by atoms with Crippen molar-refractivity contribution in [1.29, 1.82) is 0 Å². The Hall–Kier alpha value is -1.36. The second-order valence-corrected chi connectivity index (χ2v) is 6.89. The maximum absolute atomic E-state index is 12.0. The van der Waals surface area contributed by atoms with Gasteiger partial charge in [0.25, 0.3) is 0 Å². The number of nitrogens with zero attached hydrogens (tertiary/aromatic N) is 1. The van der Waals surface area contributed by atoms with Gasteiger partial charge in [0, 0.05) is 26.1 Å². The molecule has 1 atom stereocenters. The molecular weight excluding hydrogens is 282 g/mol. The van der Waals surface area contributed by atoms with Crippen molar-refractivity contribution in [3.8, 4) is 0 Å². The van der Waals surface area contributed by atoms with Crippen LogP contribution in [0.5, 0.6) is 0 Å². The van der Waals surface area contributed by atoms with E-state index in [1.807, 2.05) is 26.8 Å². The van der Waals surface area contributed by atoms with Gasteiger partial charge in [0.15, 0.2) is 0 Å². The van der Waals surface area contributed by atoms with Crippen LogP contribution in [0.15, 0.2) is 12.7 Å². The lowest BCUT2D eigenvalue weighted by atomic mass is 9.74. The summed E-state index contributed by atoms with van der Waals surface area (Å²) in [7, 11) is 0. The molecule has 0 aliphatic carbocycles. The van der Waals surface area contributed by atoms with Crippen LogP contribution in [0.3, 0.4) is 0 Å². The summed E-state index contributed by atoms with van der Waals surface area (Å²) in [4.78, 5) is 24.6. The highest BCUT2D eigenvalue weighted by Gasteiger charge is 2.50. The molecule has 1 aliphatic rings. The van der Waals surface area contributed by atoms with Crippen molar-refractivity contribution in [2.75, 3.05) is 19.7 Å². The maximum Gasteiger partial charge on any atom is 0.410 e. The summed E-state index contributed by atoms with van der Waals surface area (Å²) in [6, 6.07) is 0. The lowest BCUT2D eigenvalue weighted by Crippen LogP contribution is -2.63. The molecule has 1 saturated heterocycles. The Balaban J connectivity index is 2.64. The van der Waals surface area contributed by atoms with Gasteiger partial charge in [-0.15, -0.1) is 6.58 Å². The van der Waals surface area contributed by atoms with Gasteiger partial charge >= 0.3 is 6.09 Å². The molecule has 1 aliphatic heterocycles. The molecule has 0 aromatic heterocycles. The molecule has 0 saturated carbocycles. The van der Waals surface area contributed by atoms with Gasteiger partial charge in [-0.3, -0.25) is 0 Å². The van der Waals surface area contributed by atoms with Gasteiger partial charge in [-0.05, 0) is 27.2 Å². The number of rotatable bonds is 8. The number of aldehydes is 1. The second-order valence-electron chi connectivity index (χ2n) is 6.89. The van der Waals surface area contributed by atoms with Crippen molar-refractivity contribution >= 4 is 12.4 Å². The maximum atomic E-state index is 12.0. The molecule has 1 fully saturated rings. The molecule has 1 unspecified atom stereocenters. The number of ether oxygens (including phenoxy) is 2. The van der Waals surface area contributed by atoms with Crippen LogP contribution >= 0.6 is 0 Å². The third-order valence-electron chi connectivity index (χ3n) is 3.80. The molecule has 1 amide bonds. The van der Waals surface area contributed by atoms with Gasteiger partial charge in [0.1, 0.15) is 11.9 Å². The summed E-state index contributed by atoms with van der Waals surface area (Å²) >= 11 is 0. The lowest BCUT2D eigenvalue weighted by molar-refractivity contribution is -0.121. The van der Waals surface area contributed by atoms with Crippen LogP contribution in [-0.2, 0) is 14.3 Å². The Kier molecular flexibility index (Phi) is 6.60. The Morgan fingerprint density at radius 1 is 1.41 bits per heavy atom. The standard InChI is InChI=1S/C17H29NO4/c1-6-8-11-21-14(9-10-19)17(7-2)12-18(13-17)15(20)22-16(3,4)5/h7,10,14H,2,6,8-9,11-13H2,1,3-5H3. The van der Waals surface area contributed by atoms with Gasteiger partial charge in [-0.2, -0.15) is 0 Å². The van der Waals surface area contributed by atoms with E-state index in [2.05, 4.69) is 13.5 Å². The highest BCUT2D eigenvalue weighted by Crippen LogP contribution is 2.39. The zero-order valence-electron chi connectivity index (χ0n) is 14.3. The van der Waals surface area contributed by atoms with Crippen LogP contribution in [0.2, 0.25) is 0 Å². The summed E-state index contributed by atoms with van der Waals surface area (Å²) in [6.07, 6.45) is 4.44. The van der Waals surface area contributed by atoms with Crippen LogP contribution in [0.4, 0.5) is 4.79 Å². The minimum Gasteiger partial charge on any atom is -0.444 e. The minimum atomic E-state index is -0.511. The van der Waals surface area contributed by atoms with E-state index in [0.717, 1.165) is 19.1 Å². The van der Waals surface area contributed by atoms with Crippen molar-refractivity contribution in [2.45, 2.75) is 58.7 Å². The fraction of sp³-hybridized carbons (Fsp3) is 0.765. The van der Waals surface area contributed by atoms with Crippen molar-refractivity contribution in [2.24, 2.45) is 5.41 Å². The number of unbranched alkanes of at least 4 members (excludes halogenated alkanes) is 1. The molecule has 1 heterocycles. The number of hydrogen-bond acceptors (Lipinski definition) is 4. The van der Waals surface area contributed by atoms with Gasteiger partial charge in [-0.25, -0.2) is 4.79 Å². The number of amides is 1. The fourth-order valence-corrected chi connectivity index (χ4v) is 2.51. The Bertz CT molecular complexity index is 394. The molecule has 0 aromatic carbocycles. The third kappa shape index (κ3) is 4.83. The zero-order chi connectivity index (χ0) is 16.8. The molecule has 126 valence electrons. The molecule has 5 heteroatoms. The molecule has 22 heavy (non-hydrogen) atoms. The minimum absolute atomic E-state index is 0.229. The van der Waals surface area contributed by atoms with Gasteiger partial charge in [0.05, 0.1) is 11.5 Å². The van der Waals surface area contributed by atoms with Crippen LogP contribution in [0, 0.1) is 5.41 Å². The highest BCUT2D eigenvalue weighted by atomic mass is 16.6. The van der Waals surface area contributed by atoms with Gasteiger partial charge in [0.2, 0.25) is 0 Å². The average molecular weight is 311 g/mol. The van der Waals surface area contributed by atoms with Crippen LogP contribution < -0.4 is 0 Å². The van der Waals surface area contributed by atoms with E-state index >= 15 is 0 Å². The molecular formula is C17H29NO4. The first-order valence-electron chi connectivity index (χ1n) is 7.94. The molecule has 0 spiro atoms. The van der Waals surface area contributed by atoms with Crippen LogP contribution in [0.25, 0.3) is 0 Å². The van der Waals surface area contributed by atoms with Gasteiger partial charge < -0.3 is 19.2 Å². The molecule has 0 aromatic rings. The predicted molar refractivity (Wildman–Crippen MR) is 85.8 cm³/mol. The van der Waals surface area contributed by atoms with E-state index in [4.69, 9.17) is 9.47 Å². The molecule has 0 radical (unpaired) electrons. The molecule has 5 nitrogen and oxygen atoms in total. The van der Waals surface area contributed by atoms with Crippen LogP contribution in [0.1, 0.15) is 47.0 Å². The predicted octanol–water partition coefficient (Wildman–Crippen LogP) is 3.18. The van der Waals surface area contributed by atoms with Crippen molar-refractivity contribution in [3.63, 3.8) is 0 Å². The van der Waals surface area contributed by atoms with E-state index in [1.165, 1.54) is 0 Å². The van der Waals surface area contributed by atoms with Gasteiger partial charge in [-0.1, -0.05) is 19.4 Å². The Morgan fingerprint density at radius 2 is 2.05 bits per heavy atom. The third-order valence-corrected chi connectivity index (χ3v) is 3.80. The van der Waals surface area contributed by atoms with Crippen LogP contribution in [-0.4, -0.2) is 48.7 Å². The topological polar surface area (TPSA) is 55.8 Å². The summed E-state index contributed by atoms with van der Waals surface area (Å²) < 4.78 is 11.2. The second kappa shape index (κ2) is 7.77. The normalized spacial score (nSPS) is 18.3. The SMILES string of the molecule is C=CC1(C(CC=O)OCCCC)CN(C(=O)OC(C)(C)C)C1. The van der Waals surface area contributed by atoms with E-state index < -0.39 is 5.60 Å². The quantitative estimate of drug-likeness (QED) is 0.392. The fourth-order valence-electron chi connectivity index (χ4n) is 2.51. The summed E-state index contributed by atoms with van der Waals surface area (Å²) in [5.41, 5.74) is -0.866. The number of likely N-dealkylation sites (tertiary alicyclic amines) is 1. The van der Waals surface area contributed by atoms with E-state index in [0.29, 0.717) is 26.1 Å². The van der Waals surface area contributed by atoms with E-state index in [-0.39, 0.29) is 17.6 Å². The first kappa shape index (κ1) is 18.7. The lowest BCUT2D eigenvalue weighted by Gasteiger charge is -2.51. The summed E-state index contributed by atoms with van der Waals surface area (Å²) in [5.74, 6) is 0. The first-order chi connectivity index (χ1) is 10.3. The molecule has 0 bridgehead atoms. The summed E-state index contributed by atoms with van der Waals surface area (Å²) in [5, 5.41) is 0. The van der Waals surface area contributed by atoms with Crippen molar-refractivity contribution < 1.29 is 19.1 Å². The first-order valence-corrected chi connectivity index (χ1v) is 7.94. The molecule has 0 N–H and O–H groups in total. The highest BCUT2D eigenvalue weighted by molar-refractivity contribution is 5.70. The number of carbonyl (C=O) groups is 2. The Morgan fingerprint density at radius 3 is 2.50 bits per heavy atom. The molecule has 1 rings (SSSR count). The van der Waals surface area contributed by atoms with Crippen molar-refractivity contribution in [3.05, 3.63) is 12.7 Å². The van der Waals surface area contributed by atoms with Crippen molar-refractivity contribution in [1.82, 2.24) is 4.90 Å². The zero-order valence-corrected chi connectivity index (χ0v) is 14.3. The largest absolute Gasteiger partial charge is 0.444 e. The van der Waals surface area contributed by atoms with E-state index in [9.17, 15) is 9.59 Å². The smallest absolute Gasteiger partial charge is 0.410 e. The number of carbonyl (C=O) groups excluding carboxylic acids is 2. The Labute approximate surface area is 133 Å². The average Bonchev–Trinajstić information content (AvgIpc) is 2.36. The van der Waals surface area contributed by atoms with E-state index in [1.54, 1.807) is 4.90 Å².